The first kappa shape index (κ1) is 67.7. The average Bonchev–Trinajstić information content (AvgIpc) is 3.94. The summed E-state index contributed by atoms with van der Waals surface area (Å²) >= 11 is 1.88. The average molecular weight is 1090 g/mol. The molecule has 2 heterocycles. The highest BCUT2D eigenvalue weighted by Crippen LogP contribution is 2.43. The van der Waals surface area contributed by atoms with Crippen molar-refractivity contribution in [1.82, 2.24) is 21.3 Å². The number of unbranched alkanes of at least 4 members (excludes halogenated alkanes) is 31. The van der Waals surface area contributed by atoms with Gasteiger partial charge in [-0.1, -0.05) is 206 Å². The van der Waals surface area contributed by atoms with Crippen molar-refractivity contribution in [2.45, 2.75) is 294 Å². The largest absolute Gasteiger partial charge is 0.472 e. The number of ether oxygens (including phenoxy) is 2. The van der Waals surface area contributed by atoms with Gasteiger partial charge in [0.05, 0.1) is 25.3 Å². The zero-order chi connectivity index (χ0) is 53.6. The van der Waals surface area contributed by atoms with Crippen molar-refractivity contribution in [3.63, 3.8) is 0 Å². The summed E-state index contributed by atoms with van der Waals surface area (Å²) in [5.41, 5.74) is 0. The van der Waals surface area contributed by atoms with Crippen molar-refractivity contribution in [2.24, 2.45) is 0 Å². The standard InChI is InChI=1S/C57H107N4O11PS/c1-3-5-7-9-11-13-15-17-19-21-23-25-27-29-33-41-54(64)69-46-49(72-55(65)42-34-30-28-26-24-22-20-18-16-14-12-10-8-6-4-2)47-71-73(67,68)70-45-44-59-53(63)39-32-31-37-43-58-52(62)40-36-35-38-51-56-50(48-74-51)60-57(66)61-56/h49-51,56H,3-48H2,1-2H3,(H,58,62)(H,59,63)(H,67,68)(H2,60,61,66)/t49-,50+,51+,56+/m1/s1. The Morgan fingerprint density at radius 1 is 0.554 bits per heavy atom. The van der Waals surface area contributed by atoms with Gasteiger partial charge >= 0.3 is 25.8 Å². The molecule has 432 valence electrons. The van der Waals surface area contributed by atoms with E-state index in [2.05, 4.69) is 35.1 Å². The predicted octanol–water partition coefficient (Wildman–Crippen LogP) is 13.6. The number of rotatable bonds is 53. The van der Waals surface area contributed by atoms with Gasteiger partial charge in [0.2, 0.25) is 11.8 Å². The maximum atomic E-state index is 12.9. The summed E-state index contributed by atoms with van der Waals surface area (Å²) in [5.74, 6) is -0.167. The first-order valence-electron chi connectivity index (χ1n) is 30.2. The summed E-state index contributed by atoms with van der Waals surface area (Å²) in [6, 6.07) is 0.308. The first-order chi connectivity index (χ1) is 36.0. The monoisotopic (exact) mass is 1090 g/mol. The molecule has 0 bridgehead atoms. The Morgan fingerprint density at radius 2 is 0.986 bits per heavy atom. The molecule has 1 unspecified atom stereocenters. The van der Waals surface area contributed by atoms with Crippen LogP contribution in [-0.2, 0) is 42.3 Å². The van der Waals surface area contributed by atoms with Gasteiger partial charge < -0.3 is 35.6 Å². The number of thioether (sulfide) groups is 1. The Bertz CT molecular complexity index is 1500. The van der Waals surface area contributed by atoms with Gasteiger partial charge in [0.1, 0.15) is 6.61 Å². The number of urea groups is 1. The molecule has 0 spiro atoms. The first-order valence-corrected chi connectivity index (χ1v) is 32.8. The smallest absolute Gasteiger partial charge is 0.462 e. The summed E-state index contributed by atoms with van der Waals surface area (Å²) in [7, 11) is -4.59. The molecule has 17 heteroatoms. The van der Waals surface area contributed by atoms with Crippen LogP contribution in [0.4, 0.5) is 4.79 Å². The topological polar surface area (TPSA) is 208 Å². The highest BCUT2D eigenvalue weighted by Gasteiger charge is 2.42. The molecule has 2 rings (SSSR count). The van der Waals surface area contributed by atoms with Crippen LogP contribution in [0.2, 0.25) is 0 Å². The Morgan fingerprint density at radius 3 is 1.50 bits per heavy atom. The van der Waals surface area contributed by atoms with E-state index in [-0.39, 0.29) is 69.0 Å². The summed E-state index contributed by atoms with van der Waals surface area (Å²) in [5, 5.41) is 12.0. The fraction of sp³-hybridized carbons (Fsp3) is 0.912. The predicted molar refractivity (Wildman–Crippen MR) is 300 cm³/mol. The van der Waals surface area contributed by atoms with Crippen LogP contribution in [0, 0.1) is 0 Å². The molecule has 0 radical (unpaired) electrons. The number of phosphoric acid groups is 1. The number of hydrogen-bond donors (Lipinski definition) is 5. The third-order valence-corrected chi connectivity index (χ3v) is 16.8. The van der Waals surface area contributed by atoms with Crippen molar-refractivity contribution in [3.8, 4) is 0 Å². The van der Waals surface area contributed by atoms with Crippen LogP contribution in [0.5, 0.6) is 0 Å². The van der Waals surface area contributed by atoms with Crippen LogP contribution in [-0.4, -0.2) is 96.8 Å². The molecular weight excluding hydrogens is 980 g/mol. The van der Waals surface area contributed by atoms with E-state index in [1.54, 1.807) is 0 Å². The lowest BCUT2D eigenvalue weighted by Crippen LogP contribution is -2.36. The van der Waals surface area contributed by atoms with Crippen LogP contribution in [0.15, 0.2) is 0 Å². The molecule has 2 fully saturated rings. The maximum Gasteiger partial charge on any atom is 0.472 e. The second-order valence-corrected chi connectivity index (χ2v) is 23.9. The van der Waals surface area contributed by atoms with E-state index in [9.17, 15) is 33.4 Å². The summed E-state index contributed by atoms with van der Waals surface area (Å²) in [6.07, 6.45) is 41.6. The van der Waals surface area contributed by atoms with Gasteiger partial charge in [0.15, 0.2) is 6.10 Å². The molecule has 2 aliphatic heterocycles. The number of nitrogens with one attached hydrogen (secondary N) is 4. The molecule has 5 atom stereocenters. The van der Waals surface area contributed by atoms with E-state index >= 15 is 0 Å². The van der Waals surface area contributed by atoms with E-state index in [1.807, 2.05) is 11.8 Å². The SMILES string of the molecule is CCCCCCCCCCCCCCCCCC(=O)OC[C@H](COP(=O)(O)OCCNC(=O)CCCCCNC(=O)CCCC[C@@H]1SC[C@@H]2NC(=O)N[C@@H]21)OC(=O)CCCCCCCCCCCCCCCCC. The van der Waals surface area contributed by atoms with Crippen molar-refractivity contribution in [3.05, 3.63) is 0 Å². The summed E-state index contributed by atoms with van der Waals surface area (Å²) < 4.78 is 34.1. The summed E-state index contributed by atoms with van der Waals surface area (Å²) in [4.78, 5) is 72.2. The van der Waals surface area contributed by atoms with Gasteiger partial charge in [-0.2, -0.15) is 11.8 Å². The Hall–Kier alpha value is -2.39. The molecule has 2 aliphatic rings. The molecule has 5 N–H and O–H groups in total. The molecule has 0 aliphatic carbocycles. The third-order valence-electron chi connectivity index (χ3n) is 14.3. The molecule has 74 heavy (non-hydrogen) atoms. The Balaban J connectivity index is 1.59. The van der Waals surface area contributed by atoms with Gasteiger partial charge in [0, 0.05) is 49.8 Å². The maximum absolute atomic E-state index is 12.9. The van der Waals surface area contributed by atoms with Gasteiger partial charge in [-0.05, 0) is 38.5 Å². The van der Waals surface area contributed by atoms with Gasteiger partial charge in [-0.15, -0.1) is 0 Å². The van der Waals surface area contributed by atoms with Gasteiger partial charge in [0.25, 0.3) is 0 Å². The van der Waals surface area contributed by atoms with E-state index < -0.39 is 32.5 Å². The minimum absolute atomic E-state index is 0.0103. The van der Waals surface area contributed by atoms with E-state index in [0.717, 1.165) is 76.4 Å². The van der Waals surface area contributed by atoms with Gasteiger partial charge in [-0.25, -0.2) is 9.36 Å². The zero-order valence-corrected chi connectivity index (χ0v) is 48.4. The molecule has 0 saturated carbocycles. The number of carbonyl (C=O) groups excluding carboxylic acids is 5. The fourth-order valence-corrected chi connectivity index (χ4v) is 12.0. The van der Waals surface area contributed by atoms with Crippen LogP contribution in [0.3, 0.4) is 0 Å². The quantitative estimate of drug-likeness (QED) is 0.0167. The molecule has 4 amide bonds. The molecular formula is C57H107N4O11PS. The van der Waals surface area contributed by atoms with Crippen molar-refractivity contribution in [2.75, 3.05) is 38.7 Å². The second kappa shape index (κ2) is 46.7. The normalized spacial score (nSPS) is 17.3. The Labute approximate surface area is 453 Å². The number of fused-ring (bicyclic) bond motifs is 1. The zero-order valence-electron chi connectivity index (χ0n) is 46.7. The lowest BCUT2D eigenvalue weighted by Gasteiger charge is -2.20. The highest BCUT2D eigenvalue weighted by molar-refractivity contribution is 8.00. The van der Waals surface area contributed by atoms with Crippen molar-refractivity contribution >= 4 is 49.4 Å². The number of carbonyl (C=O) groups is 5. The number of hydrogen-bond acceptors (Lipinski definition) is 11. The van der Waals surface area contributed by atoms with Crippen LogP contribution < -0.4 is 21.3 Å². The van der Waals surface area contributed by atoms with E-state index in [4.69, 9.17) is 18.5 Å². The number of phosphoric ester groups is 1. The lowest BCUT2D eigenvalue weighted by molar-refractivity contribution is -0.161. The van der Waals surface area contributed by atoms with Crippen molar-refractivity contribution in [1.29, 1.82) is 0 Å². The molecule has 0 aromatic carbocycles. The van der Waals surface area contributed by atoms with Crippen molar-refractivity contribution < 1.29 is 52.0 Å². The second-order valence-electron chi connectivity index (χ2n) is 21.2. The number of amides is 4. The molecule has 0 aromatic heterocycles. The van der Waals surface area contributed by atoms with Crippen LogP contribution >= 0.6 is 19.6 Å². The van der Waals surface area contributed by atoms with Gasteiger partial charge in [-0.3, -0.25) is 28.2 Å². The number of esters is 2. The third kappa shape index (κ3) is 39.0. The minimum atomic E-state index is -4.59. The molecule has 15 nitrogen and oxygen atoms in total. The lowest BCUT2D eigenvalue weighted by atomic mass is 10.0. The van der Waals surface area contributed by atoms with E-state index in [0.29, 0.717) is 37.5 Å². The highest BCUT2D eigenvalue weighted by atomic mass is 32.2. The minimum Gasteiger partial charge on any atom is -0.462 e. The fourth-order valence-electron chi connectivity index (χ4n) is 9.73. The molecule has 2 saturated heterocycles. The molecule has 0 aromatic rings. The van der Waals surface area contributed by atoms with Crippen LogP contribution in [0.25, 0.3) is 0 Å². The Kier molecular flexibility index (Phi) is 42.7. The summed E-state index contributed by atoms with van der Waals surface area (Å²) in [6.45, 7) is 3.96. The van der Waals surface area contributed by atoms with E-state index in [1.165, 1.54) is 141 Å². The van der Waals surface area contributed by atoms with Crippen LogP contribution in [0.1, 0.15) is 271 Å².